The molecule has 2 aliphatic carbocycles. The van der Waals surface area contributed by atoms with Crippen molar-refractivity contribution in [3.63, 3.8) is 0 Å². The van der Waals surface area contributed by atoms with Gasteiger partial charge in [0.2, 0.25) is 5.88 Å². The molecule has 0 aromatic carbocycles. The molecule has 2 aliphatic rings. The minimum atomic E-state index is 0.542. The van der Waals surface area contributed by atoms with Crippen LogP contribution in [-0.2, 0) is 0 Å². The second-order valence-electron chi connectivity index (χ2n) is 5.69. The van der Waals surface area contributed by atoms with Gasteiger partial charge in [-0.3, -0.25) is 4.57 Å². The van der Waals surface area contributed by atoms with Crippen LogP contribution in [-0.4, -0.2) is 21.6 Å². The molecule has 0 radical (unpaired) electrons. The summed E-state index contributed by atoms with van der Waals surface area (Å²) < 4.78 is 8.30. The molecule has 5 heteroatoms. The molecule has 2 saturated carbocycles. The highest BCUT2D eigenvalue weighted by atomic mass is 32.1. The first-order chi connectivity index (χ1) is 9.28. The fourth-order valence-corrected chi connectivity index (χ4v) is 3.37. The van der Waals surface area contributed by atoms with Crippen molar-refractivity contribution in [1.82, 2.24) is 14.5 Å². The summed E-state index contributed by atoms with van der Waals surface area (Å²) in [7, 11) is 1.65. The Morgan fingerprint density at radius 1 is 1.32 bits per heavy atom. The van der Waals surface area contributed by atoms with Gasteiger partial charge in [-0.15, -0.1) is 0 Å². The summed E-state index contributed by atoms with van der Waals surface area (Å²) in [6, 6.07) is 4.42. The first-order valence-electron chi connectivity index (χ1n) is 6.93. The van der Waals surface area contributed by atoms with Crippen molar-refractivity contribution in [3.05, 3.63) is 16.9 Å². The van der Waals surface area contributed by atoms with Gasteiger partial charge in [-0.25, -0.2) is 0 Å². The Kier molecular flexibility index (Phi) is 2.45. The van der Waals surface area contributed by atoms with Crippen molar-refractivity contribution < 1.29 is 4.74 Å². The summed E-state index contributed by atoms with van der Waals surface area (Å²) in [5.74, 6) is 2.25. The first-order valence-corrected chi connectivity index (χ1v) is 7.34. The Morgan fingerprint density at radius 2 is 2.00 bits per heavy atom. The molecule has 0 saturated heterocycles. The van der Waals surface area contributed by atoms with Crippen molar-refractivity contribution in [2.75, 3.05) is 7.11 Å². The third-order valence-electron chi connectivity index (χ3n) is 4.26. The molecule has 0 aliphatic heterocycles. The van der Waals surface area contributed by atoms with E-state index in [2.05, 4.69) is 14.5 Å². The Morgan fingerprint density at radius 3 is 2.58 bits per heavy atom. The lowest BCUT2D eigenvalue weighted by Crippen LogP contribution is -2.14. The Labute approximate surface area is 116 Å². The lowest BCUT2D eigenvalue weighted by atomic mass is 10.1. The zero-order valence-corrected chi connectivity index (χ0v) is 11.7. The number of hydrogen-bond donors (Lipinski definition) is 1. The number of nitrogens with one attached hydrogen (secondary N) is 1. The zero-order chi connectivity index (χ0) is 13.0. The predicted octanol–water partition coefficient (Wildman–Crippen LogP) is 3.46. The summed E-state index contributed by atoms with van der Waals surface area (Å²) in [6.45, 7) is 0. The molecule has 0 atom stereocenters. The van der Waals surface area contributed by atoms with E-state index in [0.717, 1.165) is 27.8 Å². The molecule has 4 rings (SSSR count). The Balaban J connectivity index is 1.91. The van der Waals surface area contributed by atoms with Crippen LogP contribution in [0.4, 0.5) is 0 Å². The molecule has 2 heterocycles. The number of ether oxygens (including phenoxy) is 1. The number of fused-ring (bicyclic) bond motifs is 1. The van der Waals surface area contributed by atoms with E-state index < -0.39 is 0 Å². The summed E-state index contributed by atoms with van der Waals surface area (Å²) in [5.41, 5.74) is 1.96. The van der Waals surface area contributed by atoms with Crippen LogP contribution in [0.1, 0.15) is 31.7 Å². The minimum absolute atomic E-state index is 0.542. The van der Waals surface area contributed by atoms with Gasteiger partial charge >= 0.3 is 0 Å². The predicted molar refractivity (Wildman–Crippen MR) is 76.0 cm³/mol. The minimum Gasteiger partial charge on any atom is -0.481 e. The number of nitrogens with zero attached hydrogens (tertiary/aromatic N) is 2. The smallest absolute Gasteiger partial charge is 0.215 e. The number of imidazole rings is 1. The van der Waals surface area contributed by atoms with Crippen LogP contribution in [0.15, 0.2) is 12.1 Å². The number of aromatic amines is 1. The van der Waals surface area contributed by atoms with E-state index in [-0.39, 0.29) is 0 Å². The number of hydrogen-bond acceptors (Lipinski definition) is 3. The molecule has 19 heavy (non-hydrogen) atoms. The average molecular weight is 275 g/mol. The summed E-state index contributed by atoms with van der Waals surface area (Å²) in [5, 5.41) is 0. The summed E-state index contributed by atoms with van der Waals surface area (Å²) >= 11 is 5.53. The lowest BCUT2D eigenvalue weighted by molar-refractivity contribution is 0.387. The molecule has 4 nitrogen and oxygen atoms in total. The van der Waals surface area contributed by atoms with Gasteiger partial charge in [0.1, 0.15) is 0 Å². The van der Waals surface area contributed by atoms with Gasteiger partial charge in [0.25, 0.3) is 0 Å². The van der Waals surface area contributed by atoms with Crippen molar-refractivity contribution in [2.24, 2.45) is 11.8 Å². The number of H-pyrrole nitrogens is 1. The van der Waals surface area contributed by atoms with Gasteiger partial charge in [-0.05, 0) is 55.8 Å². The van der Waals surface area contributed by atoms with Crippen LogP contribution in [0.25, 0.3) is 11.2 Å². The van der Waals surface area contributed by atoms with E-state index in [1.165, 1.54) is 25.7 Å². The molecule has 2 aromatic rings. The normalized spacial score (nSPS) is 19.3. The molecule has 0 amide bonds. The molecular weight excluding hydrogens is 258 g/mol. The highest BCUT2D eigenvalue weighted by Crippen LogP contribution is 2.52. The van der Waals surface area contributed by atoms with Gasteiger partial charge in [0.05, 0.1) is 12.6 Å². The lowest BCUT2D eigenvalue weighted by Gasteiger charge is -2.18. The molecule has 2 aromatic heterocycles. The number of methoxy groups -OCH3 is 1. The monoisotopic (exact) mass is 275 g/mol. The maximum absolute atomic E-state index is 5.53. The maximum atomic E-state index is 5.53. The van der Waals surface area contributed by atoms with Crippen LogP contribution < -0.4 is 4.74 Å². The van der Waals surface area contributed by atoms with Gasteiger partial charge in [0.15, 0.2) is 10.4 Å². The molecule has 100 valence electrons. The zero-order valence-electron chi connectivity index (χ0n) is 10.9. The summed E-state index contributed by atoms with van der Waals surface area (Å²) in [4.78, 5) is 7.88. The average Bonchev–Trinajstić information content (AvgIpc) is 3.30. The number of rotatable bonds is 4. The van der Waals surface area contributed by atoms with E-state index in [4.69, 9.17) is 17.0 Å². The fraction of sp³-hybridized carbons (Fsp3) is 0.571. The first kappa shape index (κ1) is 11.5. The highest BCUT2D eigenvalue weighted by Gasteiger charge is 2.43. The fourth-order valence-electron chi connectivity index (χ4n) is 3.06. The van der Waals surface area contributed by atoms with E-state index in [9.17, 15) is 0 Å². The molecule has 1 N–H and O–H groups in total. The van der Waals surface area contributed by atoms with Crippen LogP contribution in [0.2, 0.25) is 0 Å². The molecule has 0 bridgehead atoms. The van der Waals surface area contributed by atoms with Crippen LogP contribution in [0.5, 0.6) is 5.88 Å². The molecule has 0 spiro atoms. The third-order valence-corrected chi connectivity index (χ3v) is 4.55. The van der Waals surface area contributed by atoms with E-state index in [0.29, 0.717) is 11.9 Å². The molecular formula is C14H17N3OS. The van der Waals surface area contributed by atoms with E-state index >= 15 is 0 Å². The quantitative estimate of drug-likeness (QED) is 0.869. The van der Waals surface area contributed by atoms with Crippen LogP contribution in [0.3, 0.4) is 0 Å². The topological polar surface area (TPSA) is 42.8 Å². The highest BCUT2D eigenvalue weighted by molar-refractivity contribution is 7.71. The maximum Gasteiger partial charge on any atom is 0.215 e. The standard InChI is InChI=1S/C14H17N3OS/c1-18-11-7-6-10-13(16-11)17(14(19)15-10)12(8-2-3-8)9-4-5-9/h6-9,12H,2-5H2,1H3,(H,15,19). The van der Waals surface area contributed by atoms with E-state index in [1.807, 2.05) is 12.1 Å². The Hall–Kier alpha value is -1.36. The second kappa shape index (κ2) is 4.07. The third kappa shape index (κ3) is 1.87. The van der Waals surface area contributed by atoms with Gasteiger partial charge in [-0.2, -0.15) is 4.98 Å². The SMILES string of the molecule is COc1ccc2[nH]c(=S)n(C(C3CC3)C3CC3)c2n1. The van der Waals surface area contributed by atoms with Crippen molar-refractivity contribution in [1.29, 1.82) is 0 Å². The second-order valence-corrected chi connectivity index (χ2v) is 6.08. The van der Waals surface area contributed by atoms with Crippen LogP contribution >= 0.6 is 12.2 Å². The van der Waals surface area contributed by atoms with Gasteiger partial charge in [-0.1, -0.05) is 0 Å². The van der Waals surface area contributed by atoms with Crippen molar-refractivity contribution in [3.8, 4) is 5.88 Å². The number of pyridine rings is 1. The Bertz CT molecular complexity index is 670. The van der Waals surface area contributed by atoms with E-state index in [1.54, 1.807) is 7.11 Å². The van der Waals surface area contributed by atoms with Gasteiger partial charge in [0, 0.05) is 12.1 Å². The van der Waals surface area contributed by atoms with Crippen LogP contribution in [0, 0.1) is 16.6 Å². The molecule has 2 fully saturated rings. The van der Waals surface area contributed by atoms with Crippen molar-refractivity contribution >= 4 is 23.4 Å². The van der Waals surface area contributed by atoms with Gasteiger partial charge < -0.3 is 9.72 Å². The van der Waals surface area contributed by atoms with Crippen molar-refractivity contribution in [2.45, 2.75) is 31.7 Å². The summed E-state index contributed by atoms with van der Waals surface area (Å²) in [6.07, 6.45) is 5.33. The largest absolute Gasteiger partial charge is 0.481 e. The molecule has 0 unspecified atom stereocenters. The number of aromatic nitrogens is 3.